The van der Waals surface area contributed by atoms with Gasteiger partial charge in [-0.25, -0.2) is 8.42 Å². The van der Waals surface area contributed by atoms with Gasteiger partial charge < -0.3 is 14.8 Å². The fourth-order valence-corrected chi connectivity index (χ4v) is 3.98. The second-order valence-electron chi connectivity index (χ2n) is 6.88. The van der Waals surface area contributed by atoms with Crippen LogP contribution in [0.5, 0.6) is 0 Å². The van der Waals surface area contributed by atoms with Gasteiger partial charge in [-0.2, -0.15) is 4.31 Å². The number of amides is 1. The summed E-state index contributed by atoms with van der Waals surface area (Å²) in [5.74, 6) is 0.123. The van der Waals surface area contributed by atoms with Crippen LogP contribution in [0.1, 0.15) is 41.0 Å². The number of carbonyl (C=O) groups is 1. The number of nitrogens with one attached hydrogen (secondary N) is 1. The molecule has 1 rings (SSSR count). The standard InChI is InChI=1S/C16H32N2O5S/c1-12(2)6-8-22-15(5)16(19)17-7-9-24(20,21)18-10-13(3)23-14(4)11-18/h12-15H,6-11H2,1-5H3,(H,17,19). The second-order valence-corrected chi connectivity index (χ2v) is 8.97. The van der Waals surface area contributed by atoms with E-state index in [1.807, 2.05) is 13.8 Å². The molecule has 0 spiro atoms. The first kappa shape index (κ1) is 21.3. The fraction of sp³-hybridized carbons (Fsp3) is 0.938. The molecule has 142 valence electrons. The number of hydrogen-bond acceptors (Lipinski definition) is 5. The minimum atomic E-state index is -3.40. The van der Waals surface area contributed by atoms with E-state index < -0.39 is 16.1 Å². The predicted octanol–water partition coefficient (Wildman–Crippen LogP) is 0.993. The topological polar surface area (TPSA) is 84.9 Å². The van der Waals surface area contributed by atoms with E-state index >= 15 is 0 Å². The fourth-order valence-electron chi connectivity index (χ4n) is 2.49. The van der Waals surface area contributed by atoms with E-state index in [2.05, 4.69) is 19.2 Å². The van der Waals surface area contributed by atoms with E-state index in [9.17, 15) is 13.2 Å². The van der Waals surface area contributed by atoms with Crippen molar-refractivity contribution in [1.82, 2.24) is 9.62 Å². The van der Waals surface area contributed by atoms with Crippen LogP contribution in [0.3, 0.4) is 0 Å². The SMILES string of the molecule is CC(C)CCOC(C)C(=O)NCCS(=O)(=O)N1CC(C)OC(C)C1. The molecule has 0 aromatic carbocycles. The summed E-state index contributed by atoms with van der Waals surface area (Å²) in [4.78, 5) is 11.9. The predicted molar refractivity (Wildman–Crippen MR) is 93.2 cm³/mol. The van der Waals surface area contributed by atoms with E-state index in [0.29, 0.717) is 25.6 Å². The summed E-state index contributed by atoms with van der Waals surface area (Å²) >= 11 is 0. The molecule has 1 N–H and O–H groups in total. The smallest absolute Gasteiger partial charge is 0.248 e. The highest BCUT2D eigenvalue weighted by atomic mass is 32.2. The Morgan fingerprint density at radius 2 is 1.83 bits per heavy atom. The summed E-state index contributed by atoms with van der Waals surface area (Å²) < 4.78 is 37.2. The van der Waals surface area contributed by atoms with Gasteiger partial charge in [0.1, 0.15) is 6.10 Å². The first-order valence-corrected chi connectivity index (χ1v) is 10.2. The third-order valence-electron chi connectivity index (χ3n) is 3.87. The third-order valence-corrected chi connectivity index (χ3v) is 5.68. The summed E-state index contributed by atoms with van der Waals surface area (Å²) in [6, 6.07) is 0. The van der Waals surface area contributed by atoms with Crippen molar-refractivity contribution >= 4 is 15.9 Å². The van der Waals surface area contributed by atoms with Gasteiger partial charge in [-0.3, -0.25) is 4.79 Å². The van der Waals surface area contributed by atoms with Gasteiger partial charge >= 0.3 is 0 Å². The van der Waals surface area contributed by atoms with Crippen molar-refractivity contribution in [2.75, 3.05) is 32.0 Å². The summed E-state index contributed by atoms with van der Waals surface area (Å²) in [7, 11) is -3.40. The highest BCUT2D eigenvalue weighted by Crippen LogP contribution is 2.14. The zero-order chi connectivity index (χ0) is 18.3. The summed E-state index contributed by atoms with van der Waals surface area (Å²) in [5.41, 5.74) is 0. The first-order chi connectivity index (χ1) is 11.1. The monoisotopic (exact) mass is 364 g/mol. The molecular weight excluding hydrogens is 332 g/mol. The quantitative estimate of drug-likeness (QED) is 0.660. The highest BCUT2D eigenvalue weighted by Gasteiger charge is 2.30. The molecule has 3 unspecified atom stereocenters. The Kier molecular flexibility index (Phi) is 8.62. The summed E-state index contributed by atoms with van der Waals surface area (Å²) in [6.45, 7) is 10.9. The number of morpholine rings is 1. The van der Waals surface area contributed by atoms with Crippen LogP contribution >= 0.6 is 0 Å². The van der Waals surface area contributed by atoms with Crippen molar-refractivity contribution in [3.63, 3.8) is 0 Å². The number of ether oxygens (including phenoxy) is 2. The molecule has 7 nitrogen and oxygen atoms in total. The molecule has 3 atom stereocenters. The molecule has 1 saturated heterocycles. The van der Waals surface area contributed by atoms with E-state index in [0.717, 1.165) is 6.42 Å². The molecular formula is C16H32N2O5S. The maximum atomic E-state index is 12.4. The average Bonchev–Trinajstić information content (AvgIpc) is 2.45. The van der Waals surface area contributed by atoms with Crippen molar-refractivity contribution in [3.05, 3.63) is 0 Å². The maximum Gasteiger partial charge on any atom is 0.248 e. The molecule has 1 aliphatic rings. The van der Waals surface area contributed by atoms with Crippen LogP contribution in [0.25, 0.3) is 0 Å². The van der Waals surface area contributed by atoms with Gasteiger partial charge in [-0.1, -0.05) is 13.8 Å². The maximum absolute atomic E-state index is 12.4. The van der Waals surface area contributed by atoms with Gasteiger partial charge in [0.25, 0.3) is 0 Å². The summed E-state index contributed by atoms with van der Waals surface area (Å²) in [5, 5.41) is 2.64. The number of carbonyl (C=O) groups excluding carboxylic acids is 1. The zero-order valence-electron chi connectivity index (χ0n) is 15.4. The molecule has 0 aromatic heterocycles. The van der Waals surface area contributed by atoms with Crippen molar-refractivity contribution in [3.8, 4) is 0 Å². The van der Waals surface area contributed by atoms with E-state index in [1.54, 1.807) is 6.92 Å². The van der Waals surface area contributed by atoms with Crippen LogP contribution in [0, 0.1) is 5.92 Å². The number of nitrogens with zero attached hydrogens (tertiary/aromatic N) is 1. The lowest BCUT2D eigenvalue weighted by Crippen LogP contribution is -2.50. The third kappa shape index (κ3) is 7.46. The molecule has 0 radical (unpaired) electrons. The van der Waals surface area contributed by atoms with Crippen molar-refractivity contribution in [2.24, 2.45) is 5.92 Å². The lowest BCUT2D eigenvalue weighted by atomic mass is 10.1. The van der Waals surface area contributed by atoms with E-state index in [4.69, 9.17) is 9.47 Å². The molecule has 0 bridgehead atoms. The molecule has 1 aliphatic heterocycles. The Morgan fingerprint density at radius 1 is 1.25 bits per heavy atom. The second kappa shape index (κ2) is 9.70. The zero-order valence-corrected chi connectivity index (χ0v) is 16.3. The van der Waals surface area contributed by atoms with Crippen LogP contribution in [0.4, 0.5) is 0 Å². The van der Waals surface area contributed by atoms with Crippen LogP contribution in [-0.4, -0.2) is 68.9 Å². The van der Waals surface area contributed by atoms with Gasteiger partial charge in [0.05, 0.1) is 18.0 Å². The lowest BCUT2D eigenvalue weighted by Gasteiger charge is -2.34. The normalized spacial score (nSPS) is 24.1. The molecule has 0 aromatic rings. The Hall–Kier alpha value is -0.700. The van der Waals surface area contributed by atoms with Crippen molar-refractivity contribution in [1.29, 1.82) is 0 Å². The molecule has 1 heterocycles. The van der Waals surface area contributed by atoms with Crippen LogP contribution in [-0.2, 0) is 24.3 Å². The van der Waals surface area contributed by atoms with Crippen LogP contribution in [0.15, 0.2) is 0 Å². The Bertz CT molecular complexity index is 485. The molecule has 1 fully saturated rings. The molecule has 0 saturated carbocycles. The van der Waals surface area contributed by atoms with Crippen molar-refractivity contribution < 1.29 is 22.7 Å². The van der Waals surface area contributed by atoms with Crippen molar-refractivity contribution in [2.45, 2.75) is 59.4 Å². The number of sulfonamides is 1. The summed E-state index contributed by atoms with van der Waals surface area (Å²) in [6.07, 6.45) is 0.0780. The molecule has 8 heteroatoms. The Labute approximate surface area is 146 Å². The average molecular weight is 365 g/mol. The van der Waals surface area contributed by atoms with Gasteiger partial charge in [-0.15, -0.1) is 0 Å². The number of hydrogen-bond donors (Lipinski definition) is 1. The van der Waals surface area contributed by atoms with Gasteiger partial charge in [0.15, 0.2) is 0 Å². The Balaban J connectivity index is 2.35. The number of rotatable bonds is 9. The molecule has 24 heavy (non-hydrogen) atoms. The minimum absolute atomic E-state index is 0.0825. The van der Waals surface area contributed by atoms with Crippen LogP contribution in [0.2, 0.25) is 0 Å². The van der Waals surface area contributed by atoms with Crippen LogP contribution < -0.4 is 5.32 Å². The van der Waals surface area contributed by atoms with Gasteiger partial charge in [0, 0.05) is 26.2 Å². The highest BCUT2D eigenvalue weighted by molar-refractivity contribution is 7.89. The molecule has 1 amide bonds. The lowest BCUT2D eigenvalue weighted by molar-refractivity contribution is -0.131. The molecule has 0 aliphatic carbocycles. The van der Waals surface area contributed by atoms with E-state index in [-0.39, 0.29) is 30.4 Å². The van der Waals surface area contributed by atoms with Gasteiger partial charge in [-0.05, 0) is 33.1 Å². The first-order valence-electron chi connectivity index (χ1n) is 8.64. The minimum Gasteiger partial charge on any atom is -0.373 e. The van der Waals surface area contributed by atoms with Gasteiger partial charge in [0.2, 0.25) is 15.9 Å². The Morgan fingerprint density at radius 3 is 2.38 bits per heavy atom. The largest absolute Gasteiger partial charge is 0.373 e. The van der Waals surface area contributed by atoms with E-state index in [1.165, 1.54) is 4.31 Å².